The second kappa shape index (κ2) is 14.4. The van der Waals surface area contributed by atoms with Gasteiger partial charge in [0.15, 0.2) is 0 Å². The van der Waals surface area contributed by atoms with Crippen molar-refractivity contribution >= 4 is 21.9 Å². The molecule has 114 valence electrons. The summed E-state index contributed by atoms with van der Waals surface area (Å²) in [6, 6.07) is 0. The Balaban J connectivity index is 3.16. The van der Waals surface area contributed by atoms with Gasteiger partial charge in [-0.1, -0.05) is 80.6 Å². The molecule has 3 heteroatoms. The van der Waals surface area contributed by atoms with Crippen molar-refractivity contribution in [3.63, 3.8) is 0 Å². The summed E-state index contributed by atoms with van der Waals surface area (Å²) in [6.07, 6.45) is 14.5. The first-order valence-electron chi connectivity index (χ1n) is 7.96. The first kappa shape index (κ1) is 18.9. The van der Waals surface area contributed by atoms with Crippen LogP contribution in [0.25, 0.3) is 0 Å². The Kier molecular flexibility index (Phi) is 14.3. The maximum Gasteiger partial charge on any atom is 0.316 e. The van der Waals surface area contributed by atoms with Gasteiger partial charge in [0.2, 0.25) is 0 Å². The molecule has 0 saturated heterocycles. The van der Waals surface area contributed by atoms with Crippen LogP contribution in [0.4, 0.5) is 0 Å². The van der Waals surface area contributed by atoms with Gasteiger partial charge in [-0.3, -0.25) is 4.79 Å². The van der Waals surface area contributed by atoms with Crippen molar-refractivity contribution in [1.29, 1.82) is 0 Å². The lowest BCUT2D eigenvalue weighted by Gasteiger charge is -2.11. The van der Waals surface area contributed by atoms with E-state index in [4.69, 9.17) is 4.74 Å². The summed E-state index contributed by atoms with van der Waals surface area (Å²) >= 11 is 3.10. The van der Waals surface area contributed by atoms with Crippen LogP contribution in [0.1, 0.15) is 84.5 Å². The molecule has 0 aromatic rings. The van der Waals surface area contributed by atoms with Crippen LogP contribution in [0.3, 0.4) is 0 Å². The highest BCUT2D eigenvalue weighted by molar-refractivity contribution is 9.09. The molecule has 2 nitrogen and oxygen atoms in total. The van der Waals surface area contributed by atoms with Gasteiger partial charge in [-0.2, -0.15) is 0 Å². The first-order valence-corrected chi connectivity index (χ1v) is 9.08. The van der Waals surface area contributed by atoms with Gasteiger partial charge < -0.3 is 4.74 Å². The van der Waals surface area contributed by atoms with Gasteiger partial charge in [-0.05, 0) is 19.8 Å². The summed E-state index contributed by atoms with van der Waals surface area (Å²) in [6.45, 7) is 4.24. The average Bonchev–Trinajstić information content (AvgIpc) is 2.40. The molecule has 0 aliphatic carbocycles. The van der Waals surface area contributed by atoms with Crippen LogP contribution < -0.4 is 0 Å². The predicted octanol–water partition coefficient (Wildman–Crippen LogP) is 5.62. The summed E-state index contributed by atoms with van der Waals surface area (Å²) < 4.78 is 5.20. The molecule has 1 atom stereocenters. The predicted molar refractivity (Wildman–Crippen MR) is 85.8 cm³/mol. The number of carbonyl (C=O) groups excluding carboxylic acids is 1. The molecule has 0 fully saturated rings. The van der Waals surface area contributed by atoms with Gasteiger partial charge in [0.25, 0.3) is 0 Å². The quantitative estimate of drug-likeness (QED) is 0.248. The Morgan fingerprint density at radius 1 is 0.947 bits per heavy atom. The average molecular weight is 335 g/mol. The van der Waals surface area contributed by atoms with Crippen molar-refractivity contribution in [3.8, 4) is 0 Å². The Morgan fingerprint density at radius 3 is 1.89 bits per heavy atom. The van der Waals surface area contributed by atoms with E-state index in [1.807, 2.05) is 6.92 Å². The van der Waals surface area contributed by atoms with Crippen LogP contribution in [0.2, 0.25) is 0 Å². The molecule has 0 saturated carbocycles. The molecule has 0 rings (SSSR count). The van der Waals surface area contributed by atoms with Crippen molar-refractivity contribution in [2.45, 2.75) is 90.6 Å². The zero-order valence-electron chi connectivity index (χ0n) is 12.8. The highest BCUT2D eigenvalue weighted by Gasteiger charge is 2.07. The molecule has 0 amide bonds. The first-order chi connectivity index (χ1) is 9.20. The van der Waals surface area contributed by atoms with Crippen LogP contribution in [-0.2, 0) is 9.53 Å². The Bertz CT molecular complexity index is 207. The Hall–Kier alpha value is -0.0500. The molecule has 0 aliphatic heterocycles. The minimum absolute atomic E-state index is 0.0686. The maximum atomic E-state index is 11.0. The molecule has 19 heavy (non-hydrogen) atoms. The number of unbranched alkanes of at least 4 members (excludes halogenated alkanes) is 9. The van der Waals surface area contributed by atoms with E-state index < -0.39 is 0 Å². The van der Waals surface area contributed by atoms with E-state index in [2.05, 4.69) is 22.9 Å². The van der Waals surface area contributed by atoms with Crippen molar-refractivity contribution in [1.82, 2.24) is 0 Å². The highest BCUT2D eigenvalue weighted by atomic mass is 79.9. The fourth-order valence-corrected chi connectivity index (χ4v) is 2.37. The van der Waals surface area contributed by atoms with E-state index in [0.29, 0.717) is 5.33 Å². The van der Waals surface area contributed by atoms with Gasteiger partial charge in [0.05, 0.1) is 6.10 Å². The maximum absolute atomic E-state index is 11.0. The summed E-state index contributed by atoms with van der Waals surface area (Å²) in [5.41, 5.74) is 0. The SMILES string of the molecule is CCCCCCCCCCCCC(C)OC(=O)CBr. The number of hydrogen-bond acceptors (Lipinski definition) is 2. The monoisotopic (exact) mass is 334 g/mol. The summed E-state index contributed by atoms with van der Waals surface area (Å²) in [5, 5.41) is 0.301. The molecule has 0 radical (unpaired) electrons. The van der Waals surface area contributed by atoms with E-state index in [1.165, 1.54) is 64.2 Å². The van der Waals surface area contributed by atoms with Gasteiger partial charge in [0, 0.05) is 0 Å². The number of carbonyl (C=O) groups is 1. The van der Waals surface area contributed by atoms with Crippen LogP contribution in [0.15, 0.2) is 0 Å². The molecule has 1 unspecified atom stereocenters. The minimum Gasteiger partial charge on any atom is -0.462 e. The van der Waals surface area contributed by atoms with Crippen LogP contribution in [-0.4, -0.2) is 17.4 Å². The molecule has 0 heterocycles. The molecule has 0 aromatic carbocycles. The molecular formula is C16H31BrO2. The number of halogens is 1. The number of hydrogen-bond donors (Lipinski definition) is 0. The Labute approximate surface area is 127 Å². The highest BCUT2D eigenvalue weighted by Crippen LogP contribution is 2.12. The third kappa shape index (κ3) is 14.2. The van der Waals surface area contributed by atoms with Crippen molar-refractivity contribution < 1.29 is 9.53 Å². The summed E-state index contributed by atoms with van der Waals surface area (Å²) in [7, 11) is 0. The molecule has 0 aromatic heterocycles. The number of alkyl halides is 1. The van der Waals surface area contributed by atoms with Gasteiger partial charge in [-0.15, -0.1) is 0 Å². The molecule has 0 bridgehead atoms. The standard InChI is InChI=1S/C16H31BrO2/c1-3-4-5-6-7-8-9-10-11-12-13-15(2)19-16(18)14-17/h15H,3-14H2,1-2H3. The zero-order valence-corrected chi connectivity index (χ0v) is 14.3. The molecule has 0 N–H and O–H groups in total. The third-order valence-corrected chi connectivity index (χ3v) is 3.86. The normalized spacial score (nSPS) is 12.4. The second-order valence-corrected chi connectivity index (χ2v) is 5.97. The second-order valence-electron chi connectivity index (χ2n) is 5.40. The smallest absolute Gasteiger partial charge is 0.316 e. The van der Waals surface area contributed by atoms with Crippen LogP contribution >= 0.6 is 15.9 Å². The zero-order chi connectivity index (χ0) is 14.3. The van der Waals surface area contributed by atoms with E-state index in [1.54, 1.807) is 0 Å². The molecule has 0 aliphatic rings. The van der Waals surface area contributed by atoms with Crippen molar-refractivity contribution in [2.24, 2.45) is 0 Å². The lowest BCUT2D eigenvalue weighted by molar-refractivity contribution is -0.145. The van der Waals surface area contributed by atoms with Crippen LogP contribution in [0, 0.1) is 0 Å². The van der Waals surface area contributed by atoms with Gasteiger partial charge in [-0.25, -0.2) is 0 Å². The van der Waals surface area contributed by atoms with Crippen LogP contribution in [0.5, 0.6) is 0 Å². The van der Waals surface area contributed by atoms with Gasteiger partial charge >= 0.3 is 5.97 Å². The van der Waals surface area contributed by atoms with E-state index >= 15 is 0 Å². The fourth-order valence-electron chi connectivity index (χ4n) is 2.23. The number of rotatable bonds is 13. The molecular weight excluding hydrogens is 304 g/mol. The molecule has 0 spiro atoms. The third-order valence-electron chi connectivity index (χ3n) is 3.41. The number of ether oxygens (including phenoxy) is 1. The van der Waals surface area contributed by atoms with E-state index in [-0.39, 0.29) is 12.1 Å². The largest absolute Gasteiger partial charge is 0.462 e. The lowest BCUT2D eigenvalue weighted by Crippen LogP contribution is -2.15. The lowest BCUT2D eigenvalue weighted by atomic mass is 10.0. The topological polar surface area (TPSA) is 26.3 Å². The fraction of sp³-hybridized carbons (Fsp3) is 0.938. The van der Waals surface area contributed by atoms with Crippen molar-refractivity contribution in [2.75, 3.05) is 5.33 Å². The van der Waals surface area contributed by atoms with E-state index in [0.717, 1.165) is 6.42 Å². The number of esters is 1. The van der Waals surface area contributed by atoms with E-state index in [9.17, 15) is 4.79 Å². The summed E-state index contributed by atoms with van der Waals surface area (Å²) in [4.78, 5) is 11.0. The Morgan fingerprint density at radius 2 is 1.42 bits per heavy atom. The van der Waals surface area contributed by atoms with Gasteiger partial charge in [0.1, 0.15) is 5.33 Å². The summed E-state index contributed by atoms with van der Waals surface area (Å²) in [5.74, 6) is -0.153. The van der Waals surface area contributed by atoms with Crippen molar-refractivity contribution in [3.05, 3.63) is 0 Å². The minimum atomic E-state index is -0.153.